The highest BCUT2D eigenvalue weighted by molar-refractivity contribution is 5.93. The average Bonchev–Trinajstić information content (AvgIpc) is 2.83. The smallest absolute Gasteiger partial charge is 0.419 e. The number of fused-ring (bicyclic) bond motifs is 1. The number of aromatic nitrogens is 1. The van der Waals surface area contributed by atoms with Crippen molar-refractivity contribution in [3.8, 4) is 5.75 Å². The number of aromatic hydroxyl groups is 1. The fourth-order valence-electron chi connectivity index (χ4n) is 2.43. The number of carboxylic acids is 1. The first-order valence-corrected chi connectivity index (χ1v) is 7.61. The summed E-state index contributed by atoms with van der Waals surface area (Å²) in [6.07, 6.45) is 1.10. The molecule has 1 amide bonds. The zero-order chi connectivity index (χ0) is 18.8. The molecule has 1 aromatic carbocycles. The number of carbonyl (C=O) groups excluding carboxylic acids is 2. The number of phenols is 1. The van der Waals surface area contributed by atoms with E-state index in [1.807, 2.05) is 0 Å². The molecule has 1 aromatic heterocycles. The fraction of sp³-hybridized carbons (Fsp3) is 0.353. The maximum Gasteiger partial charge on any atom is 0.419 e. The van der Waals surface area contributed by atoms with E-state index in [0.29, 0.717) is 22.9 Å². The van der Waals surface area contributed by atoms with Crippen molar-refractivity contribution in [1.29, 1.82) is 0 Å². The first-order chi connectivity index (χ1) is 11.6. The van der Waals surface area contributed by atoms with Gasteiger partial charge in [-0.1, -0.05) is 0 Å². The minimum absolute atomic E-state index is 0.0223. The van der Waals surface area contributed by atoms with Crippen molar-refractivity contribution >= 4 is 29.4 Å². The number of aliphatic carboxylic acids is 1. The van der Waals surface area contributed by atoms with Crippen LogP contribution in [0, 0.1) is 0 Å². The van der Waals surface area contributed by atoms with Crippen molar-refractivity contribution in [2.75, 3.05) is 0 Å². The van der Waals surface area contributed by atoms with Crippen molar-refractivity contribution in [3.05, 3.63) is 30.0 Å². The molecule has 0 saturated heterocycles. The lowest BCUT2D eigenvalue weighted by molar-refractivity contribution is -0.140. The Morgan fingerprint density at radius 1 is 1.36 bits per heavy atom. The van der Waals surface area contributed by atoms with E-state index < -0.39 is 23.7 Å². The summed E-state index contributed by atoms with van der Waals surface area (Å²) in [5, 5.41) is 21.6. The molecule has 1 atom stereocenters. The third-order valence-corrected chi connectivity index (χ3v) is 3.45. The zero-order valence-electron chi connectivity index (χ0n) is 14.1. The first kappa shape index (κ1) is 18.3. The maximum atomic E-state index is 12.4. The summed E-state index contributed by atoms with van der Waals surface area (Å²) in [5.41, 5.74) is 0.253. The van der Waals surface area contributed by atoms with E-state index in [4.69, 9.17) is 4.74 Å². The molecule has 0 spiro atoms. The number of carboxylic acid groups (broad SMARTS) is 1. The van der Waals surface area contributed by atoms with Crippen molar-refractivity contribution in [1.82, 2.24) is 9.88 Å². The van der Waals surface area contributed by atoms with Crippen molar-refractivity contribution in [2.24, 2.45) is 0 Å². The van der Waals surface area contributed by atoms with Crippen LogP contribution in [-0.2, 0) is 20.7 Å². The molecule has 0 fully saturated rings. The lowest BCUT2D eigenvalue weighted by Crippen LogP contribution is -2.37. The number of nitrogens with zero attached hydrogens (tertiary/aromatic N) is 1. The van der Waals surface area contributed by atoms with Gasteiger partial charge in [-0.05, 0) is 44.5 Å². The average molecular weight is 348 g/mol. The maximum absolute atomic E-state index is 12.4. The number of ether oxygens (including phenoxy) is 1. The minimum Gasteiger partial charge on any atom is -0.508 e. The van der Waals surface area contributed by atoms with E-state index in [9.17, 15) is 24.6 Å². The number of nitrogens with one attached hydrogen (secondary N) is 1. The summed E-state index contributed by atoms with van der Waals surface area (Å²) in [4.78, 5) is 34.3. The largest absolute Gasteiger partial charge is 0.508 e. The van der Waals surface area contributed by atoms with Crippen LogP contribution >= 0.6 is 0 Å². The third kappa shape index (κ3) is 4.28. The number of hydrogen-bond donors (Lipinski definition) is 3. The molecule has 1 unspecified atom stereocenters. The van der Waals surface area contributed by atoms with Crippen LogP contribution < -0.4 is 5.32 Å². The van der Waals surface area contributed by atoms with Crippen molar-refractivity contribution in [3.63, 3.8) is 0 Å². The zero-order valence-corrected chi connectivity index (χ0v) is 14.1. The van der Waals surface area contributed by atoms with Gasteiger partial charge in [0.05, 0.1) is 5.52 Å². The second kappa shape index (κ2) is 6.84. The number of phenolic OH excluding ortho intramolecular Hbond substituents is 1. The van der Waals surface area contributed by atoms with Gasteiger partial charge in [-0.3, -0.25) is 9.36 Å². The molecule has 0 aliphatic rings. The lowest BCUT2D eigenvalue weighted by atomic mass is 10.1. The van der Waals surface area contributed by atoms with Gasteiger partial charge in [0.2, 0.25) is 6.41 Å². The van der Waals surface area contributed by atoms with Gasteiger partial charge < -0.3 is 20.3 Å². The topological polar surface area (TPSA) is 118 Å². The van der Waals surface area contributed by atoms with Crippen LogP contribution in [-0.4, -0.2) is 44.9 Å². The first-order valence-electron chi connectivity index (χ1n) is 7.61. The molecule has 134 valence electrons. The second-order valence-corrected chi connectivity index (χ2v) is 6.59. The normalized spacial score (nSPS) is 12.6. The Kier molecular flexibility index (Phi) is 5.01. The summed E-state index contributed by atoms with van der Waals surface area (Å²) >= 11 is 0. The van der Waals surface area contributed by atoms with Gasteiger partial charge in [0.25, 0.3) is 0 Å². The highest BCUT2D eigenvalue weighted by Gasteiger charge is 2.24. The quantitative estimate of drug-likeness (QED) is 0.710. The molecule has 8 heteroatoms. The summed E-state index contributed by atoms with van der Waals surface area (Å²) in [5.74, 6) is -1.23. The summed E-state index contributed by atoms with van der Waals surface area (Å²) in [6, 6.07) is 3.25. The molecule has 25 heavy (non-hydrogen) atoms. The van der Waals surface area contributed by atoms with Crippen LogP contribution in [0.2, 0.25) is 0 Å². The molecule has 0 aliphatic carbocycles. The van der Waals surface area contributed by atoms with E-state index in [1.165, 1.54) is 22.9 Å². The minimum atomic E-state index is -1.20. The van der Waals surface area contributed by atoms with Gasteiger partial charge in [0.1, 0.15) is 17.4 Å². The van der Waals surface area contributed by atoms with Crippen LogP contribution in [0.15, 0.2) is 24.4 Å². The van der Waals surface area contributed by atoms with E-state index in [-0.39, 0.29) is 12.2 Å². The number of amides is 1. The standard InChI is InChI=1S/C17H20N2O6/c1-17(2,3)25-16(24)19-8-10(6-13(15(22)23)18-9-20)12-7-11(21)4-5-14(12)19/h4-5,7-9,13,21H,6H2,1-3H3,(H,18,20)(H,22,23). The Labute approximate surface area is 144 Å². The Hall–Kier alpha value is -3.03. The second-order valence-electron chi connectivity index (χ2n) is 6.59. The Bertz CT molecular complexity index is 818. The molecule has 3 N–H and O–H groups in total. The highest BCUT2D eigenvalue weighted by atomic mass is 16.6. The Morgan fingerprint density at radius 3 is 2.60 bits per heavy atom. The number of rotatable bonds is 5. The van der Waals surface area contributed by atoms with Gasteiger partial charge in [-0.15, -0.1) is 0 Å². The van der Waals surface area contributed by atoms with E-state index in [1.54, 1.807) is 26.8 Å². The highest BCUT2D eigenvalue weighted by Crippen LogP contribution is 2.27. The Morgan fingerprint density at radius 2 is 2.04 bits per heavy atom. The molecule has 1 heterocycles. The van der Waals surface area contributed by atoms with Gasteiger partial charge in [0.15, 0.2) is 0 Å². The molecular formula is C17H20N2O6. The van der Waals surface area contributed by atoms with Crippen molar-refractivity contribution < 1.29 is 29.3 Å². The van der Waals surface area contributed by atoms with Crippen molar-refractivity contribution in [2.45, 2.75) is 38.8 Å². The molecule has 2 rings (SSSR count). The predicted molar refractivity (Wildman–Crippen MR) is 89.6 cm³/mol. The van der Waals surface area contributed by atoms with Gasteiger partial charge >= 0.3 is 12.1 Å². The molecule has 0 bridgehead atoms. The van der Waals surface area contributed by atoms with Crippen LogP contribution in [0.3, 0.4) is 0 Å². The fourth-order valence-corrected chi connectivity index (χ4v) is 2.43. The summed E-state index contributed by atoms with van der Waals surface area (Å²) in [7, 11) is 0. The van der Waals surface area contributed by atoms with E-state index in [0.717, 1.165) is 0 Å². The van der Waals surface area contributed by atoms with E-state index >= 15 is 0 Å². The molecular weight excluding hydrogens is 328 g/mol. The Balaban J connectivity index is 2.50. The molecule has 0 saturated carbocycles. The van der Waals surface area contributed by atoms with Crippen LogP contribution in [0.25, 0.3) is 10.9 Å². The number of benzene rings is 1. The molecule has 8 nitrogen and oxygen atoms in total. The van der Waals surface area contributed by atoms with E-state index in [2.05, 4.69) is 5.32 Å². The third-order valence-electron chi connectivity index (χ3n) is 3.45. The molecule has 2 aromatic rings. The van der Waals surface area contributed by atoms with Gasteiger partial charge in [-0.2, -0.15) is 0 Å². The SMILES string of the molecule is CC(C)(C)OC(=O)n1cc(CC(NC=O)C(=O)O)c2cc(O)ccc21. The van der Waals surface area contributed by atoms with Crippen LogP contribution in [0.5, 0.6) is 5.75 Å². The molecule has 0 aliphatic heterocycles. The van der Waals surface area contributed by atoms with Gasteiger partial charge in [-0.25, -0.2) is 9.59 Å². The van der Waals surface area contributed by atoms with Crippen LogP contribution in [0.1, 0.15) is 26.3 Å². The van der Waals surface area contributed by atoms with Crippen LogP contribution in [0.4, 0.5) is 4.79 Å². The number of carbonyl (C=O) groups is 3. The number of hydrogen-bond acceptors (Lipinski definition) is 5. The summed E-state index contributed by atoms with van der Waals surface area (Å²) in [6.45, 7) is 5.20. The van der Waals surface area contributed by atoms with Gasteiger partial charge in [0, 0.05) is 18.0 Å². The lowest BCUT2D eigenvalue weighted by Gasteiger charge is -2.19. The predicted octanol–water partition coefficient (Wildman–Crippen LogP) is 1.87. The molecule has 0 radical (unpaired) electrons. The summed E-state index contributed by atoms with van der Waals surface area (Å²) < 4.78 is 6.61. The monoisotopic (exact) mass is 348 g/mol.